The summed E-state index contributed by atoms with van der Waals surface area (Å²) in [7, 11) is -7.87. The van der Waals surface area contributed by atoms with Crippen molar-refractivity contribution in [3.05, 3.63) is 82.9 Å². The van der Waals surface area contributed by atoms with E-state index in [1.54, 1.807) is 4.57 Å². The number of nitrogens with one attached hydrogen (secondary N) is 1. The highest BCUT2D eigenvalue weighted by Crippen LogP contribution is 2.22. The number of nitrogens with two attached hydrogens (primary N) is 1. The van der Waals surface area contributed by atoms with Crippen LogP contribution in [0.3, 0.4) is 0 Å². The van der Waals surface area contributed by atoms with Crippen LogP contribution in [0, 0.1) is 18.2 Å². The quantitative estimate of drug-likeness (QED) is 0.359. The molecular weight excluding hydrogens is 527 g/mol. The van der Waals surface area contributed by atoms with E-state index < -0.39 is 31.8 Å². The summed E-state index contributed by atoms with van der Waals surface area (Å²) in [5, 5.41) is 5.20. The monoisotopic (exact) mass is 544 g/mol. The van der Waals surface area contributed by atoms with Crippen LogP contribution in [0.2, 0.25) is 0 Å². The van der Waals surface area contributed by atoms with E-state index in [0.29, 0.717) is 10.2 Å². The number of halogens is 1. The van der Waals surface area contributed by atoms with Gasteiger partial charge in [-0.3, -0.25) is 9.52 Å². The summed E-state index contributed by atoms with van der Waals surface area (Å²) in [4.78, 5) is 17.0. The molecule has 0 fully saturated rings. The van der Waals surface area contributed by atoms with Crippen molar-refractivity contribution in [2.75, 3.05) is 4.72 Å². The third-order valence-corrected chi connectivity index (χ3v) is 8.29. The number of carbonyl (C=O) groups excluding carboxylic acids is 1. The smallest absolute Gasteiger partial charge is 0.279 e. The van der Waals surface area contributed by atoms with E-state index in [1.165, 1.54) is 42.5 Å². The van der Waals surface area contributed by atoms with Gasteiger partial charge in [-0.15, -0.1) is 6.42 Å². The number of rotatable bonds is 6. The number of fused-ring (bicyclic) bond motifs is 1. The Labute approximate surface area is 209 Å². The Balaban J connectivity index is 1.64. The molecule has 9 nitrogen and oxygen atoms in total. The fraction of sp³-hybridized carbons (Fsp3) is 0.0435. The third-order valence-electron chi connectivity index (χ3n) is 4.94. The van der Waals surface area contributed by atoms with Crippen molar-refractivity contribution >= 4 is 53.2 Å². The van der Waals surface area contributed by atoms with Gasteiger partial charge < -0.3 is 4.57 Å². The summed E-state index contributed by atoms with van der Waals surface area (Å²) in [5.74, 6) is 1.29. The second kappa shape index (κ2) is 9.67. The molecule has 184 valence electrons. The van der Waals surface area contributed by atoms with Gasteiger partial charge in [0.1, 0.15) is 5.82 Å². The summed E-state index contributed by atoms with van der Waals surface area (Å²) in [5.41, 5.74) is 0.952. The summed E-state index contributed by atoms with van der Waals surface area (Å²) >= 11 is 1.07. The van der Waals surface area contributed by atoms with E-state index in [1.807, 2.05) is 0 Å². The summed E-state index contributed by atoms with van der Waals surface area (Å²) in [6.45, 7) is 0.0882. The number of hydrogen-bond donors (Lipinski definition) is 2. The second-order valence-electron chi connectivity index (χ2n) is 7.40. The van der Waals surface area contributed by atoms with Gasteiger partial charge in [0.2, 0.25) is 10.0 Å². The Bertz CT molecular complexity index is 1800. The van der Waals surface area contributed by atoms with E-state index in [-0.39, 0.29) is 32.4 Å². The molecule has 0 saturated carbocycles. The van der Waals surface area contributed by atoms with Crippen molar-refractivity contribution in [1.29, 1.82) is 0 Å². The molecule has 0 aliphatic rings. The van der Waals surface area contributed by atoms with Crippen molar-refractivity contribution in [1.82, 2.24) is 4.57 Å². The molecule has 36 heavy (non-hydrogen) atoms. The highest BCUT2D eigenvalue weighted by molar-refractivity contribution is 7.92. The number of amides is 1. The lowest BCUT2D eigenvalue weighted by atomic mass is 10.2. The summed E-state index contributed by atoms with van der Waals surface area (Å²) < 4.78 is 65.8. The number of sulfonamides is 2. The number of hydrogen-bond acceptors (Lipinski definition) is 6. The molecule has 0 spiro atoms. The van der Waals surface area contributed by atoms with E-state index in [4.69, 9.17) is 11.6 Å². The number of aromatic nitrogens is 1. The first-order chi connectivity index (χ1) is 17.0. The largest absolute Gasteiger partial charge is 0.305 e. The Kier molecular flexibility index (Phi) is 6.79. The van der Waals surface area contributed by atoms with Crippen LogP contribution < -0.4 is 14.7 Å². The maximum atomic E-state index is 13.1. The van der Waals surface area contributed by atoms with Gasteiger partial charge in [0.05, 0.1) is 26.6 Å². The molecular formula is C23H17FN4O5S3. The minimum atomic E-state index is -3.95. The first-order valence-electron chi connectivity index (χ1n) is 10.0. The van der Waals surface area contributed by atoms with Crippen molar-refractivity contribution in [3.8, 4) is 12.3 Å². The van der Waals surface area contributed by atoms with Gasteiger partial charge in [-0.05, 0) is 66.7 Å². The Hall–Kier alpha value is -3.83. The Morgan fingerprint density at radius 2 is 1.67 bits per heavy atom. The van der Waals surface area contributed by atoms with Crippen molar-refractivity contribution in [3.63, 3.8) is 0 Å². The molecule has 0 unspecified atom stereocenters. The van der Waals surface area contributed by atoms with Crippen LogP contribution in [-0.4, -0.2) is 27.3 Å². The number of thiazole rings is 1. The highest BCUT2D eigenvalue weighted by atomic mass is 32.2. The SMILES string of the molecule is C#CCn1c(=NC(=O)c2ccc(NS(=O)(=O)c3ccc(F)cc3)cc2)sc2cc(S(N)(=O)=O)ccc21. The molecule has 0 aliphatic carbocycles. The van der Waals surface area contributed by atoms with Crippen LogP contribution in [-0.2, 0) is 26.6 Å². The third kappa shape index (κ3) is 5.37. The van der Waals surface area contributed by atoms with Crippen LogP contribution in [0.4, 0.5) is 10.1 Å². The van der Waals surface area contributed by atoms with Gasteiger partial charge in [0.25, 0.3) is 15.9 Å². The van der Waals surface area contributed by atoms with Gasteiger partial charge >= 0.3 is 0 Å². The Morgan fingerprint density at radius 3 is 2.28 bits per heavy atom. The normalized spacial score (nSPS) is 12.4. The van der Waals surface area contributed by atoms with Gasteiger partial charge in [-0.2, -0.15) is 4.99 Å². The van der Waals surface area contributed by atoms with Gasteiger partial charge in [-0.25, -0.2) is 26.4 Å². The van der Waals surface area contributed by atoms with E-state index in [2.05, 4.69) is 15.6 Å². The molecule has 1 amide bonds. The fourth-order valence-corrected chi connectivity index (χ4v) is 5.96. The number of benzene rings is 3. The molecule has 0 bridgehead atoms. The average molecular weight is 545 g/mol. The lowest BCUT2D eigenvalue weighted by Crippen LogP contribution is -2.16. The predicted molar refractivity (Wildman–Crippen MR) is 134 cm³/mol. The standard InChI is InChI=1S/C23H17FN4O5S3/c1-2-13-28-20-12-11-19(35(25,30)31)14-21(20)34-23(28)26-22(29)15-3-7-17(8-4-15)27-36(32,33)18-9-5-16(24)6-10-18/h1,3-12,14,27H,13H2,(H2,25,30,31). The maximum Gasteiger partial charge on any atom is 0.279 e. The van der Waals surface area contributed by atoms with Gasteiger partial charge in [-0.1, -0.05) is 17.3 Å². The number of anilines is 1. The van der Waals surface area contributed by atoms with Gasteiger partial charge in [0.15, 0.2) is 4.80 Å². The van der Waals surface area contributed by atoms with E-state index >= 15 is 0 Å². The lowest BCUT2D eigenvalue weighted by Gasteiger charge is -2.08. The number of carbonyl (C=O) groups is 1. The van der Waals surface area contributed by atoms with Crippen LogP contribution in [0.1, 0.15) is 10.4 Å². The first kappa shape index (κ1) is 25.3. The van der Waals surface area contributed by atoms with E-state index in [0.717, 1.165) is 35.6 Å². The number of nitrogens with zero attached hydrogens (tertiary/aromatic N) is 2. The predicted octanol–water partition coefficient (Wildman–Crippen LogP) is 2.66. The van der Waals surface area contributed by atoms with Crippen molar-refractivity contribution in [2.24, 2.45) is 10.1 Å². The number of terminal acetylenes is 1. The second-order valence-corrected chi connectivity index (χ2v) is 11.7. The fourth-order valence-electron chi connectivity index (χ4n) is 3.22. The molecule has 0 saturated heterocycles. The van der Waals surface area contributed by atoms with Crippen molar-refractivity contribution in [2.45, 2.75) is 16.3 Å². The van der Waals surface area contributed by atoms with Crippen LogP contribution in [0.5, 0.6) is 0 Å². The lowest BCUT2D eigenvalue weighted by molar-refractivity contribution is 0.0998. The molecule has 0 aliphatic heterocycles. The maximum absolute atomic E-state index is 13.1. The molecule has 3 aromatic carbocycles. The minimum absolute atomic E-state index is 0.0827. The zero-order valence-electron chi connectivity index (χ0n) is 18.3. The summed E-state index contributed by atoms with van der Waals surface area (Å²) in [6.07, 6.45) is 5.45. The Morgan fingerprint density at radius 1 is 1.03 bits per heavy atom. The van der Waals surface area contributed by atoms with Crippen molar-refractivity contribution < 1.29 is 26.0 Å². The average Bonchev–Trinajstić information content (AvgIpc) is 3.15. The molecule has 1 heterocycles. The molecule has 4 aromatic rings. The molecule has 3 N–H and O–H groups in total. The zero-order valence-corrected chi connectivity index (χ0v) is 20.7. The molecule has 0 atom stereocenters. The molecule has 13 heteroatoms. The van der Waals surface area contributed by atoms with E-state index in [9.17, 15) is 26.0 Å². The van der Waals surface area contributed by atoms with Crippen LogP contribution in [0.15, 0.2) is 81.5 Å². The van der Waals surface area contributed by atoms with Gasteiger partial charge in [0, 0.05) is 11.3 Å². The first-order valence-corrected chi connectivity index (χ1v) is 13.9. The molecule has 1 aromatic heterocycles. The number of primary sulfonamides is 1. The minimum Gasteiger partial charge on any atom is -0.305 e. The molecule has 0 radical (unpaired) electrons. The van der Waals surface area contributed by atoms with Crippen LogP contribution >= 0.6 is 11.3 Å². The summed E-state index contributed by atoms with van der Waals surface area (Å²) in [6, 6.07) is 14.2. The zero-order chi connectivity index (χ0) is 26.1. The highest BCUT2D eigenvalue weighted by Gasteiger charge is 2.16. The topological polar surface area (TPSA) is 141 Å². The molecule has 4 rings (SSSR count). The van der Waals surface area contributed by atoms with Crippen LogP contribution in [0.25, 0.3) is 10.2 Å².